The zero-order chi connectivity index (χ0) is 18.0. The minimum absolute atomic E-state index is 0.251. The van der Waals surface area contributed by atoms with Crippen LogP contribution in [0.5, 0.6) is 0 Å². The fraction of sp³-hybridized carbons (Fsp3) is 0.0476. The van der Waals surface area contributed by atoms with Crippen LogP contribution in [0.1, 0.15) is 5.56 Å². The smallest absolute Gasteiger partial charge is 0.207 e. The van der Waals surface area contributed by atoms with Crippen molar-refractivity contribution in [3.05, 3.63) is 89.1 Å². The standard InChI is InChI=1S/C21H17NO2S2/c23-26(24,20-10-9-16-5-1-2-6-17(16)13-20)22-14-18-7-3-4-8-21(18)19-11-12-25-15-19/h1-13,15,22H,14H2. The predicted molar refractivity (Wildman–Crippen MR) is 108 cm³/mol. The highest BCUT2D eigenvalue weighted by Crippen LogP contribution is 2.26. The van der Waals surface area contributed by atoms with Crippen molar-refractivity contribution in [1.82, 2.24) is 4.72 Å². The summed E-state index contributed by atoms with van der Waals surface area (Å²) in [5, 5.41) is 6.02. The van der Waals surface area contributed by atoms with Gasteiger partial charge in [0.05, 0.1) is 4.90 Å². The van der Waals surface area contributed by atoms with E-state index < -0.39 is 10.0 Å². The van der Waals surface area contributed by atoms with Gasteiger partial charge in [-0.25, -0.2) is 13.1 Å². The van der Waals surface area contributed by atoms with Crippen LogP contribution in [0.4, 0.5) is 0 Å². The van der Waals surface area contributed by atoms with Gasteiger partial charge in [-0.05, 0) is 56.4 Å². The lowest BCUT2D eigenvalue weighted by molar-refractivity contribution is 0.581. The molecule has 26 heavy (non-hydrogen) atoms. The minimum atomic E-state index is -3.58. The third kappa shape index (κ3) is 3.42. The molecule has 4 aromatic rings. The van der Waals surface area contributed by atoms with Crippen molar-refractivity contribution in [1.29, 1.82) is 0 Å². The highest BCUT2D eigenvalue weighted by molar-refractivity contribution is 7.89. The first kappa shape index (κ1) is 17.0. The number of sulfonamides is 1. The van der Waals surface area contributed by atoms with Gasteiger partial charge in [-0.15, -0.1) is 0 Å². The quantitative estimate of drug-likeness (QED) is 0.528. The van der Waals surface area contributed by atoms with E-state index in [0.29, 0.717) is 0 Å². The molecule has 4 rings (SSSR count). The molecule has 1 N–H and O–H groups in total. The molecule has 0 spiro atoms. The van der Waals surface area contributed by atoms with E-state index in [4.69, 9.17) is 0 Å². The average molecular weight is 380 g/mol. The Balaban J connectivity index is 1.61. The molecule has 0 radical (unpaired) electrons. The molecule has 0 aliphatic carbocycles. The number of rotatable bonds is 5. The van der Waals surface area contributed by atoms with Gasteiger partial charge in [0.15, 0.2) is 0 Å². The largest absolute Gasteiger partial charge is 0.240 e. The second-order valence-electron chi connectivity index (χ2n) is 6.00. The van der Waals surface area contributed by atoms with E-state index in [1.165, 1.54) is 0 Å². The summed E-state index contributed by atoms with van der Waals surface area (Å²) in [6.07, 6.45) is 0. The number of nitrogens with one attached hydrogen (secondary N) is 1. The summed E-state index contributed by atoms with van der Waals surface area (Å²) in [4.78, 5) is 0.282. The van der Waals surface area contributed by atoms with E-state index in [2.05, 4.69) is 10.1 Å². The Labute approximate surface area is 157 Å². The normalized spacial score (nSPS) is 11.7. The Hall–Kier alpha value is -2.47. The van der Waals surface area contributed by atoms with Crippen molar-refractivity contribution in [3.63, 3.8) is 0 Å². The maximum Gasteiger partial charge on any atom is 0.240 e. The molecule has 3 nitrogen and oxygen atoms in total. The van der Waals surface area contributed by atoms with Crippen molar-refractivity contribution in [3.8, 4) is 11.1 Å². The van der Waals surface area contributed by atoms with Crippen molar-refractivity contribution < 1.29 is 8.42 Å². The van der Waals surface area contributed by atoms with Crippen molar-refractivity contribution >= 4 is 32.1 Å². The first-order chi connectivity index (χ1) is 12.6. The third-order valence-electron chi connectivity index (χ3n) is 4.33. The second-order valence-corrected chi connectivity index (χ2v) is 8.55. The Morgan fingerprint density at radius 1 is 0.846 bits per heavy atom. The van der Waals surface area contributed by atoms with Crippen LogP contribution in [0.2, 0.25) is 0 Å². The minimum Gasteiger partial charge on any atom is -0.207 e. The molecule has 0 aliphatic rings. The van der Waals surface area contributed by atoms with Gasteiger partial charge >= 0.3 is 0 Å². The van der Waals surface area contributed by atoms with Crippen LogP contribution in [-0.4, -0.2) is 8.42 Å². The molecule has 0 unspecified atom stereocenters. The fourth-order valence-corrected chi connectivity index (χ4v) is 4.66. The highest BCUT2D eigenvalue weighted by atomic mass is 32.2. The summed E-state index contributed by atoms with van der Waals surface area (Å²) in [6, 6.07) is 22.8. The Morgan fingerprint density at radius 2 is 1.62 bits per heavy atom. The molecule has 0 saturated heterocycles. The van der Waals surface area contributed by atoms with E-state index in [1.807, 2.05) is 66.0 Å². The highest BCUT2D eigenvalue weighted by Gasteiger charge is 2.15. The predicted octanol–water partition coefficient (Wildman–Crippen LogP) is 5.05. The summed E-state index contributed by atoms with van der Waals surface area (Å²) in [6.45, 7) is 0.251. The van der Waals surface area contributed by atoms with Gasteiger partial charge in [0.1, 0.15) is 0 Å². The van der Waals surface area contributed by atoms with Crippen LogP contribution in [0.15, 0.2) is 88.5 Å². The molecule has 1 aromatic heterocycles. The first-order valence-corrected chi connectivity index (χ1v) is 10.6. The second kappa shape index (κ2) is 7.03. The van der Waals surface area contributed by atoms with Gasteiger partial charge < -0.3 is 0 Å². The molecule has 0 bridgehead atoms. The van der Waals surface area contributed by atoms with Crippen LogP contribution in [-0.2, 0) is 16.6 Å². The summed E-state index contributed by atoms with van der Waals surface area (Å²) in [7, 11) is -3.58. The molecule has 0 fully saturated rings. The summed E-state index contributed by atoms with van der Waals surface area (Å²) in [5.74, 6) is 0. The first-order valence-electron chi connectivity index (χ1n) is 8.22. The zero-order valence-electron chi connectivity index (χ0n) is 13.9. The maximum atomic E-state index is 12.7. The van der Waals surface area contributed by atoms with Crippen LogP contribution in [0.3, 0.4) is 0 Å². The van der Waals surface area contributed by atoms with E-state index in [-0.39, 0.29) is 11.4 Å². The van der Waals surface area contributed by atoms with Crippen LogP contribution in [0.25, 0.3) is 21.9 Å². The Morgan fingerprint density at radius 3 is 2.42 bits per heavy atom. The summed E-state index contributed by atoms with van der Waals surface area (Å²) < 4.78 is 28.2. The lowest BCUT2D eigenvalue weighted by atomic mass is 10.0. The van der Waals surface area contributed by atoms with Gasteiger partial charge in [0.2, 0.25) is 10.0 Å². The number of thiophene rings is 1. The molecule has 0 amide bonds. The van der Waals surface area contributed by atoms with Crippen molar-refractivity contribution in [2.24, 2.45) is 0 Å². The molecule has 3 aromatic carbocycles. The van der Waals surface area contributed by atoms with Gasteiger partial charge in [0.25, 0.3) is 0 Å². The molecule has 1 heterocycles. The van der Waals surface area contributed by atoms with E-state index >= 15 is 0 Å². The Bertz CT molecular complexity index is 1150. The molecule has 5 heteroatoms. The lowest BCUT2D eigenvalue weighted by Crippen LogP contribution is -2.23. The zero-order valence-corrected chi connectivity index (χ0v) is 15.6. The van der Waals surface area contributed by atoms with Crippen molar-refractivity contribution in [2.75, 3.05) is 0 Å². The van der Waals surface area contributed by atoms with Crippen LogP contribution in [0, 0.1) is 0 Å². The van der Waals surface area contributed by atoms with Gasteiger partial charge in [0, 0.05) is 6.54 Å². The number of benzene rings is 3. The van der Waals surface area contributed by atoms with Crippen LogP contribution >= 0.6 is 11.3 Å². The number of hydrogen-bond acceptors (Lipinski definition) is 3. The molecular formula is C21H17NO2S2. The van der Waals surface area contributed by atoms with E-state index in [9.17, 15) is 8.42 Å². The fourth-order valence-electron chi connectivity index (χ4n) is 2.96. The molecule has 0 saturated carbocycles. The Kier molecular flexibility index (Phi) is 4.59. The molecular weight excluding hydrogens is 362 g/mol. The lowest BCUT2D eigenvalue weighted by Gasteiger charge is -2.11. The third-order valence-corrected chi connectivity index (χ3v) is 6.42. The van der Waals surface area contributed by atoms with E-state index in [0.717, 1.165) is 27.5 Å². The monoisotopic (exact) mass is 379 g/mol. The SMILES string of the molecule is O=S(=O)(NCc1ccccc1-c1ccsc1)c1ccc2ccccc2c1. The number of fused-ring (bicyclic) bond motifs is 1. The molecule has 0 aliphatic heterocycles. The van der Waals surface area contributed by atoms with E-state index in [1.54, 1.807) is 23.5 Å². The van der Waals surface area contributed by atoms with Gasteiger partial charge in [-0.3, -0.25) is 0 Å². The molecule has 130 valence electrons. The van der Waals surface area contributed by atoms with Crippen molar-refractivity contribution in [2.45, 2.75) is 11.4 Å². The number of hydrogen-bond donors (Lipinski definition) is 1. The van der Waals surface area contributed by atoms with Crippen LogP contribution < -0.4 is 4.72 Å². The van der Waals surface area contributed by atoms with Gasteiger partial charge in [-0.2, -0.15) is 11.3 Å². The van der Waals surface area contributed by atoms with Gasteiger partial charge in [-0.1, -0.05) is 54.6 Å². The molecule has 0 atom stereocenters. The summed E-state index contributed by atoms with van der Waals surface area (Å²) in [5.41, 5.74) is 3.11. The maximum absolute atomic E-state index is 12.7. The topological polar surface area (TPSA) is 46.2 Å². The average Bonchev–Trinajstić information content (AvgIpc) is 3.21. The summed E-state index contributed by atoms with van der Waals surface area (Å²) >= 11 is 1.63.